The summed E-state index contributed by atoms with van der Waals surface area (Å²) in [4.78, 5) is 19.5. The van der Waals surface area contributed by atoms with Crippen molar-refractivity contribution in [2.45, 2.75) is 45.3 Å². The van der Waals surface area contributed by atoms with Crippen LogP contribution in [0.5, 0.6) is 0 Å². The van der Waals surface area contributed by atoms with Gasteiger partial charge in [0.2, 0.25) is 5.91 Å². The Morgan fingerprint density at radius 3 is 2.64 bits per heavy atom. The van der Waals surface area contributed by atoms with E-state index in [9.17, 15) is 4.79 Å². The Morgan fingerprint density at radius 1 is 1.12 bits per heavy atom. The molecule has 4 heterocycles. The molecule has 0 spiro atoms. The number of ether oxygens (including phenoxy) is 1. The van der Waals surface area contributed by atoms with Gasteiger partial charge in [-0.1, -0.05) is 0 Å². The lowest BCUT2D eigenvalue weighted by atomic mass is 10.1. The van der Waals surface area contributed by atoms with Crippen LogP contribution < -0.4 is 0 Å². The Kier molecular flexibility index (Phi) is 4.84. The second-order valence-electron chi connectivity index (χ2n) is 7.59. The molecule has 1 aromatic heterocycles. The van der Waals surface area contributed by atoms with Crippen LogP contribution in [0, 0.1) is 13.8 Å². The molecule has 6 nitrogen and oxygen atoms in total. The van der Waals surface area contributed by atoms with Crippen LogP contribution in [0.4, 0.5) is 0 Å². The van der Waals surface area contributed by atoms with Gasteiger partial charge in [-0.2, -0.15) is 0 Å². The van der Waals surface area contributed by atoms with Gasteiger partial charge in [0.15, 0.2) is 0 Å². The van der Waals surface area contributed by atoms with Crippen LogP contribution in [-0.4, -0.2) is 78.6 Å². The van der Waals surface area contributed by atoms with E-state index in [2.05, 4.69) is 27.7 Å². The number of fused-ring (bicyclic) bond motifs is 1. The highest BCUT2D eigenvalue weighted by atomic mass is 16.5. The molecule has 3 fully saturated rings. The molecule has 2 unspecified atom stereocenters. The molecular weight excluding hydrogens is 318 g/mol. The first-order valence-electron chi connectivity index (χ1n) is 9.51. The van der Waals surface area contributed by atoms with Gasteiger partial charge < -0.3 is 14.1 Å². The molecule has 25 heavy (non-hydrogen) atoms. The van der Waals surface area contributed by atoms with Crippen molar-refractivity contribution < 1.29 is 13.9 Å². The van der Waals surface area contributed by atoms with E-state index in [0.717, 1.165) is 70.4 Å². The van der Waals surface area contributed by atoms with Crippen molar-refractivity contribution in [3.63, 3.8) is 0 Å². The lowest BCUT2D eigenvalue weighted by Crippen LogP contribution is -2.44. The number of amides is 1. The molecule has 0 aliphatic carbocycles. The van der Waals surface area contributed by atoms with E-state index in [1.54, 1.807) is 0 Å². The molecule has 3 saturated heterocycles. The van der Waals surface area contributed by atoms with Gasteiger partial charge in [-0.05, 0) is 31.9 Å². The fourth-order valence-electron chi connectivity index (χ4n) is 4.50. The van der Waals surface area contributed by atoms with Gasteiger partial charge >= 0.3 is 0 Å². The highest BCUT2D eigenvalue weighted by Gasteiger charge is 2.46. The third-order valence-electron chi connectivity index (χ3n) is 6.07. The molecule has 1 aromatic rings. The zero-order valence-corrected chi connectivity index (χ0v) is 15.4. The number of furan rings is 1. The number of carbonyl (C=O) groups is 1. The first-order valence-corrected chi connectivity index (χ1v) is 9.51. The van der Waals surface area contributed by atoms with Gasteiger partial charge in [-0.25, -0.2) is 0 Å². The first-order chi connectivity index (χ1) is 12.1. The molecule has 0 bridgehead atoms. The summed E-state index contributed by atoms with van der Waals surface area (Å²) in [6.45, 7) is 11.4. The number of nitrogens with zero attached hydrogens (tertiary/aromatic N) is 3. The van der Waals surface area contributed by atoms with Crippen LogP contribution >= 0.6 is 0 Å². The van der Waals surface area contributed by atoms with Crippen molar-refractivity contribution in [2.24, 2.45) is 0 Å². The van der Waals surface area contributed by atoms with Gasteiger partial charge in [0, 0.05) is 51.2 Å². The summed E-state index contributed by atoms with van der Waals surface area (Å²) in [6, 6.07) is 2.86. The zero-order chi connectivity index (χ0) is 17.4. The maximum atomic E-state index is 12.5. The first kappa shape index (κ1) is 17.1. The smallest absolute Gasteiger partial charge is 0.224 e. The summed E-state index contributed by atoms with van der Waals surface area (Å²) in [7, 11) is 0. The van der Waals surface area contributed by atoms with E-state index in [1.807, 2.05) is 6.92 Å². The normalized spacial score (nSPS) is 28.1. The second kappa shape index (κ2) is 7.09. The molecule has 2 atom stereocenters. The number of hydrogen-bond acceptors (Lipinski definition) is 5. The lowest BCUT2D eigenvalue weighted by Gasteiger charge is -2.30. The van der Waals surface area contributed by atoms with E-state index >= 15 is 0 Å². The highest BCUT2D eigenvalue weighted by Crippen LogP contribution is 2.33. The average Bonchev–Trinajstić information content (AvgIpc) is 3.23. The largest absolute Gasteiger partial charge is 0.465 e. The summed E-state index contributed by atoms with van der Waals surface area (Å²) in [5.74, 6) is 2.34. The lowest BCUT2D eigenvalue weighted by molar-refractivity contribution is -0.129. The van der Waals surface area contributed by atoms with Crippen LogP contribution in [0.25, 0.3) is 0 Å². The van der Waals surface area contributed by atoms with Crippen LogP contribution in [0.3, 0.4) is 0 Å². The molecule has 138 valence electrons. The second-order valence-corrected chi connectivity index (χ2v) is 7.59. The van der Waals surface area contributed by atoms with Crippen LogP contribution in [-0.2, 0) is 16.1 Å². The predicted molar refractivity (Wildman–Crippen MR) is 94.4 cm³/mol. The number of rotatable bonds is 5. The summed E-state index contributed by atoms with van der Waals surface area (Å²) in [5.41, 5.74) is 1.21. The molecule has 0 aromatic carbocycles. The molecule has 4 rings (SSSR count). The van der Waals surface area contributed by atoms with Gasteiger partial charge in [0.25, 0.3) is 0 Å². The molecule has 3 aliphatic rings. The number of morpholine rings is 1. The minimum atomic E-state index is 0.319. The predicted octanol–water partition coefficient (Wildman–Crippen LogP) is 1.40. The Hall–Kier alpha value is -1.37. The molecular formula is C19H29N3O3. The maximum Gasteiger partial charge on any atom is 0.224 e. The van der Waals surface area contributed by atoms with Gasteiger partial charge in [-0.15, -0.1) is 0 Å². The van der Waals surface area contributed by atoms with Crippen molar-refractivity contribution in [2.75, 3.05) is 45.9 Å². The maximum absolute atomic E-state index is 12.5. The van der Waals surface area contributed by atoms with E-state index in [-0.39, 0.29) is 0 Å². The molecule has 3 aliphatic heterocycles. The summed E-state index contributed by atoms with van der Waals surface area (Å²) < 4.78 is 11.3. The summed E-state index contributed by atoms with van der Waals surface area (Å²) in [5, 5.41) is 0. The van der Waals surface area contributed by atoms with E-state index < -0.39 is 0 Å². The van der Waals surface area contributed by atoms with E-state index in [1.165, 1.54) is 5.56 Å². The minimum Gasteiger partial charge on any atom is -0.465 e. The van der Waals surface area contributed by atoms with Crippen molar-refractivity contribution in [3.8, 4) is 0 Å². The SMILES string of the molecule is Cc1cc(CN2CCC3C2CC(=O)N3CCN2CCOCC2)oc1C. The fraction of sp³-hybridized carbons (Fsp3) is 0.737. The summed E-state index contributed by atoms with van der Waals surface area (Å²) >= 11 is 0. The third-order valence-corrected chi connectivity index (χ3v) is 6.07. The average molecular weight is 347 g/mol. The van der Waals surface area contributed by atoms with Gasteiger partial charge in [0.05, 0.1) is 19.8 Å². The fourth-order valence-corrected chi connectivity index (χ4v) is 4.50. The molecule has 0 N–H and O–H groups in total. The van der Waals surface area contributed by atoms with Crippen LogP contribution in [0.15, 0.2) is 10.5 Å². The molecule has 6 heteroatoms. The molecule has 1 amide bonds. The van der Waals surface area contributed by atoms with E-state index in [0.29, 0.717) is 24.4 Å². The Bertz CT molecular complexity index is 604. The van der Waals surface area contributed by atoms with Gasteiger partial charge in [-0.3, -0.25) is 14.6 Å². The van der Waals surface area contributed by atoms with Crippen LogP contribution in [0.1, 0.15) is 29.9 Å². The van der Waals surface area contributed by atoms with Crippen molar-refractivity contribution in [3.05, 3.63) is 23.2 Å². The van der Waals surface area contributed by atoms with E-state index in [4.69, 9.17) is 9.15 Å². The Balaban J connectivity index is 1.35. The number of carbonyl (C=O) groups excluding carboxylic acids is 1. The van der Waals surface area contributed by atoms with Crippen molar-refractivity contribution >= 4 is 5.91 Å². The molecule has 0 radical (unpaired) electrons. The Labute approximate surface area is 149 Å². The monoisotopic (exact) mass is 347 g/mol. The number of aryl methyl sites for hydroxylation is 2. The number of likely N-dealkylation sites (tertiary alicyclic amines) is 2. The van der Waals surface area contributed by atoms with Gasteiger partial charge in [0.1, 0.15) is 11.5 Å². The summed E-state index contributed by atoms with van der Waals surface area (Å²) in [6.07, 6.45) is 1.74. The Morgan fingerprint density at radius 2 is 1.92 bits per heavy atom. The topological polar surface area (TPSA) is 49.2 Å². The standard InChI is InChI=1S/C19H29N3O3/c1-14-11-16(25-15(14)2)13-21-4-3-17-18(21)12-19(23)22(17)6-5-20-7-9-24-10-8-20/h11,17-18H,3-10,12-13H2,1-2H3. The molecule has 0 saturated carbocycles. The third kappa shape index (κ3) is 3.48. The highest BCUT2D eigenvalue weighted by molar-refractivity contribution is 5.80. The zero-order valence-electron chi connectivity index (χ0n) is 15.4. The minimum absolute atomic E-state index is 0.319. The van der Waals surface area contributed by atoms with Crippen molar-refractivity contribution in [1.82, 2.24) is 14.7 Å². The quantitative estimate of drug-likeness (QED) is 0.806. The number of hydrogen-bond donors (Lipinski definition) is 0. The van der Waals surface area contributed by atoms with Crippen LogP contribution in [0.2, 0.25) is 0 Å². The van der Waals surface area contributed by atoms with Crippen molar-refractivity contribution in [1.29, 1.82) is 0 Å².